The summed E-state index contributed by atoms with van der Waals surface area (Å²) in [6, 6.07) is 0. The largest absolute Gasteiger partial charge is 0.444 e. The fourth-order valence-electron chi connectivity index (χ4n) is 2.09. The molecule has 0 bridgehead atoms. The van der Waals surface area contributed by atoms with E-state index >= 15 is 0 Å². The second-order valence-corrected chi connectivity index (χ2v) is 5.55. The molecule has 0 aromatic carbocycles. The molecule has 0 radical (unpaired) electrons. The number of likely N-dealkylation sites (tertiary alicyclic amines) is 1. The normalized spacial score (nSPS) is 28.0. The predicted molar refractivity (Wildman–Crippen MR) is 57.1 cm³/mol. The molecule has 1 atom stereocenters. The Kier molecular flexibility index (Phi) is 2.62. The molecule has 0 unspecified atom stereocenters. The van der Waals surface area contributed by atoms with Crippen LogP contribution in [0.2, 0.25) is 0 Å². The van der Waals surface area contributed by atoms with Crippen molar-refractivity contribution in [1.29, 1.82) is 0 Å². The maximum Gasteiger partial charge on any atom is 0.410 e. The number of carbonyl (C=O) groups excluding carboxylic acids is 1. The number of aliphatic hydroxyl groups excluding tert-OH is 1. The van der Waals surface area contributed by atoms with Crippen molar-refractivity contribution in [2.24, 2.45) is 0 Å². The van der Waals surface area contributed by atoms with E-state index in [9.17, 15) is 9.90 Å². The molecule has 92 valence electrons. The number of ether oxygens (including phenoxy) is 2. The average molecular weight is 229 g/mol. The zero-order valence-electron chi connectivity index (χ0n) is 10.0. The van der Waals surface area contributed by atoms with Crippen molar-refractivity contribution >= 4 is 6.09 Å². The first-order chi connectivity index (χ1) is 7.32. The topological polar surface area (TPSA) is 59.0 Å². The van der Waals surface area contributed by atoms with E-state index in [1.54, 1.807) is 4.90 Å². The van der Waals surface area contributed by atoms with Crippen LogP contribution in [0.5, 0.6) is 0 Å². The molecule has 5 heteroatoms. The summed E-state index contributed by atoms with van der Waals surface area (Å²) in [7, 11) is 0. The highest BCUT2D eigenvalue weighted by Gasteiger charge is 2.55. The van der Waals surface area contributed by atoms with Crippen LogP contribution in [0.25, 0.3) is 0 Å². The standard InChI is InChI=1S/C11H19NO4/c1-10(2,3)16-9(14)12-6-11(7-12)8(13)4-5-15-11/h8,13H,4-7H2,1-3H3/t8-/m1/s1. The van der Waals surface area contributed by atoms with Crippen LogP contribution >= 0.6 is 0 Å². The maximum absolute atomic E-state index is 11.7. The maximum atomic E-state index is 11.7. The number of hydrogen-bond acceptors (Lipinski definition) is 4. The van der Waals surface area contributed by atoms with Crippen molar-refractivity contribution in [2.45, 2.75) is 44.5 Å². The number of hydrogen-bond donors (Lipinski definition) is 1. The molecule has 0 aliphatic carbocycles. The zero-order valence-corrected chi connectivity index (χ0v) is 10.0. The quantitative estimate of drug-likeness (QED) is 0.666. The lowest BCUT2D eigenvalue weighted by atomic mass is 9.89. The highest BCUT2D eigenvalue weighted by Crippen LogP contribution is 2.35. The zero-order chi connectivity index (χ0) is 12.0. The summed E-state index contributed by atoms with van der Waals surface area (Å²) in [6.07, 6.45) is -0.130. The molecule has 2 aliphatic heterocycles. The Bertz CT molecular complexity index is 291. The number of rotatable bonds is 0. The third-order valence-corrected chi connectivity index (χ3v) is 2.96. The monoisotopic (exact) mass is 229 g/mol. The molecule has 1 spiro atoms. The van der Waals surface area contributed by atoms with Crippen LogP contribution in [0.4, 0.5) is 4.79 Å². The second-order valence-electron chi connectivity index (χ2n) is 5.55. The third-order valence-electron chi connectivity index (χ3n) is 2.96. The van der Waals surface area contributed by atoms with Gasteiger partial charge in [-0.15, -0.1) is 0 Å². The molecule has 2 heterocycles. The third kappa shape index (κ3) is 2.01. The number of nitrogens with zero attached hydrogens (tertiary/aromatic N) is 1. The number of aliphatic hydroxyl groups is 1. The summed E-state index contributed by atoms with van der Waals surface area (Å²) in [5.74, 6) is 0. The first-order valence-corrected chi connectivity index (χ1v) is 5.62. The van der Waals surface area contributed by atoms with Gasteiger partial charge >= 0.3 is 6.09 Å². The summed E-state index contributed by atoms with van der Waals surface area (Å²) in [6.45, 7) is 6.94. The molecule has 16 heavy (non-hydrogen) atoms. The van der Waals surface area contributed by atoms with Gasteiger partial charge in [-0.05, 0) is 27.2 Å². The average Bonchev–Trinajstić information content (AvgIpc) is 2.40. The summed E-state index contributed by atoms with van der Waals surface area (Å²) in [4.78, 5) is 13.2. The van der Waals surface area contributed by atoms with Crippen LogP contribution in [0.3, 0.4) is 0 Å². The van der Waals surface area contributed by atoms with E-state index in [0.29, 0.717) is 26.1 Å². The van der Waals surface area contributed by atoms with Crippen LogP contribution in [0.15, 0.2) is 0 Å². The van der Waals surface area contributed by atoms with Gasteiger partial charge in [-0.25, -0.2) is 4.79 Å². The minimum atomic E-state index is -0.517. The Morgan fingerprint density at radius 2 is 2.12 bits per heavy atom. The van der Waals surface area contributed by atoms with E-state index in [1.807, 2.05) is 20.8 Å². The van der Waals surface area contributed by atoms with Crippen LogP contribution in [-0.4, -0.2) is 53.1 Å². The van der Waals surface area contributed by atoms with Crippen molar-refractivity contribution in [1.82, 2.24) is 4.90 Å². The van der Waals surface area contributed by atoms with Crippen LogP contribution in [0.1, 0.15) is 27.2 Å². The fourth-order valence-corrected chi connectivity index (χ4v) is 2.09. The lowest BCUT2D eigenvalue weighted by Gasteiger charge is -2.48. The van der Waals surface area contributed by atoms with Crippen molar-refractivity contribution in [2.75, 3.05) is 19.7 Å². The van der Waals surface area contributed by atoms with Gasteiger partial charge in [-0.1, -0.05) is 0 Å². The van der Waals surface area contributed by atoms with Gasteiger partial charge in [0.1, 0.15) is 11.2 Å². The van der Waals surface area contributed by atoms with Crippen LogP contribution in [0, 0.1) is 0 Å². The molecule has 5 nitrogen and oxygen atoms in total. The van der Waals surface area contributed by atoms with Gasteiger partial charge in [0.05, 0.1) is 25.8 Å². The molecule has 1 N–H and O–H groups in total. The molecule has 1 amide bonds. The van der Waals surface area contributed by atoms with Crippen LogP contribution in [-0.2, 0) is 9.47 Å². The van der Waals surface area contributed by atoms with Gasteiger partial charge in [0.25, 0.3) is 0 Å². The summed E-state index contributed by atoms with van der Waals surface area (Å²) >= 11 is 0. The SMILES string of the molecule is CC(C)(C)OC(=O)N1CC2(C1)OCC[C@H]2O. The van der Waals surface area contributed by atoms with Crippen molar-refractivity contribution in [3.05, 3.63) is 0 Å². The summed E-state index contributed by atoms with van der Waals surface area (Å²) in [5.41, 5.74) is -0.994. The summed E-state index contributed by atoms with van der Waals surface area (Å²) in [5, 5.41) is 9.73. The first-order valence-electron chi connectivity index (χ1n) is 5.62. The Labute approximate surface area is 95.3 Å². The van der Waals surface area contributed by atoms with Gasteiger partial charge in [-0.3, -0.25) is 0 Å². The Morgan fingerprint density at radius 3 is 2.56 bits per heavy atom. The van der Waals surface area contributed by atoms with Gasteiger partial charge < -0.3 is 19.5 Å². The van der Waals surface area contributed by atoms with Gasteiger partial charge in [0, 0.05) is 0 Å². The van der Waals surface area contributed by atoms with E-state index in [2.05, 4.69) is 0 Å². The van der Waals surface area contributed by atoms with E-state index in [-0.39, 0.29) is 6.09 Å². The molecule has 0 aromatic heterocycles. The molecule has 2 saturated heterocycles. The first kappa shape index (κ1) is 11.7. The lowest BCUT2D eigenvalue weighted by molar-refractivity contribution is -0.147. The molecule has 0 saturated carbocycles. The fraction of sp³-hybridized carbons (Fsp3) is 0.909. The Balaban J connectivity index is 1.86. The molecule has 2 fully saturated rings. The van der Waals surface area contributed by atoms with E-state index in [1.165, 1.54) is 0 Å². The highest BCUT2D eigenvalue weighted by molar-refractivity contribution is 5.69. The van der Waals surface area contributed by atoms with Gasteiger partial charge in [0.15, 0.2) is 0 Å². The second kappa shape index (κ2) is 3.60. The molecule has 2 aliphatic rings. The molecular formula is C11H19NO4. The van der Waals surface area contributed by atoms with Crippen molar-refractivity contribution < 1.29 is 19.4 Å². The van der Waals surface area contributed by atoms with Crippen LogP contribution < -0.4 is 0 Å². The Hall–Kier alpha value is -0.810. The van der Waals surface area contributed by atoms with E-state index in [0.717, 1.165) is 0 Å². The van der Waals surface area contributed by atoms with Crippen molar-refractivity contribution in [3.8, 4) is 0 Å². The van der Waals surface area contributed by atoms with Crippen molar-refractivity contribution in [3.63, 3.8) is 0 Å². The predicted octanol–water partition coefficient (Wildman–Crippen LogP) is 0.757. The van der Waals surface area contributed by atoms with E-state index < -0.39 is 17.3 Å². The van der Waals surface area contributed by atoms with E-state index in [4.69, 9.17) is 9.47 Å². The van der Waals surface area contributed by atoms with Gasteiger partial charge in [-0.2, -0.15) is 0 Å². The summed E-state index contributed by atoms with van der Waals surface area (Å²) < 4.78 is 10.7. The molecular weight excluding hydrogens is 210 g/mol. The lowest BCUT2D eigenvalue weighted by Crippen LogP contribution is -2.68. The minimum absolute atomic E-state index is 0.333. The number of carbonyl (C=O) groups is 1. The Morgan fingerprint density at radius 1 is 1.50 bits per heavy atom. The minimum Gasteiger partial charge on any atom is -0.444 e. The molecule has 2 rings (SSSR count). The number of amides is 1. The molecule has 0 aromatic rings. The smallest absolute Gasteiger partial charge is 0.410 e. The van der Waals surface area contributed by atoms with Gasteiger partial charge in [0.2, 0.25) is 0 Å². The highest BCUT2D eigenvalue weighted by atomic mass is 16.6.